The Kier molecular flexibility index (Phi) is 53.0. The van der Waals surface area contributed by atoms with Crippen LogP contribution in [-0.2, 0) is 23.8 Å². The van der Waals surface area contributed by atoms with E-state index in [0.717, 1.165) is 128 Å². The van der Waals surface area contributed by atoms with Crippen molar-refractivity contribution in [3.63, 3.8) is 0 Å². The number of carbonyl (C=O) groups excluding carboxylic acids is 2. The number of allylic oxidation sites excluding steroid dienone is 18. The highest BCUT2D eigenvalue weighted by Gasteiger charge is 2.17. The van der Waals surface area contributed by atoms with Crippen LogP contribution in [0.15, 0.2) is 109 Å². The molecule has 0 bridgehead atoms. The first kappa shape index (κ1) is 62.6. The van der Waals surface area contributed by atoms with Crippen LogP contribution in [0.25, 0.3) is 0 Å². The van der Waals surface area contributed by atoms with Crippen molar-refractivity contribution < 1.29 is 23.8 Å². The van der Waals surface area contributed by atoms with Gasteiger partial charge in [-0.3, -0.25) is 9.59 Å². The van der Waals surface area contributed by atoms with E-state index in [1.165, 1.54) is 77.0 Å². The fourth-order valence-corrected chi connectivity index (χ4v) is 7.29. The summed E-state index contributed by atoms with van der Waals surface area (Å²) in [6.07, 6.45) is 76.7. The molecule has 5 heteroatoms. The molecule has 0 rings (SSSR count). The monoisotopic (exact) mass is 915 g/mol. The van der Waals surface area contributed by atoms with Gasteiger partial charge in [0.2, 0.25) is 0 Å². The molecule has 0 saturated heterocycles. The molecule has 0 radical (unpaired) electrons. The van der Waals surface area contributed by atoms with E-state index in [9.17, 15) is 9.59 Å². The quantitative estimate of drug-likeness (QED) is 0.0346. The molecule has 0 N–H and O–H groups in total. The van der Waals surface area contributed by atoms with E-state index in [0.29, 0.717) is 19.4 Å². The Balaban J connectivity index is 4.39. The summed E-state index contributed by atoms with van der Waals surface area (Å²) in [5.74, 6) is -0.462. The van der Waals surface area contributed by atoms with Crippen molar-refractivity contribution in [3.05, 3.63) is 109 Å². The van der Waals surface area contributed by atoms with Gasteiger partial charge in [-0.1, -0.05) is 233 Å². The second-order valence-electron chi connectivity index (χ2n) is 17.7. The van der Waals surface area contributed by atoms with Crippen LogP contribution >= 0.6 is 0 Å². The van der Waals surface area contributed by atoms with Gasteiger partial charge in [-0.2, -0.15) is 0 Å². The zero-order valence-corrected chi connectivity index (χ0v) is 43.2. The van der Waals surface area contributed by atoms with Crippen molar-refractivity contribution >= 4 is 11.9 Å². The number of esters is 2. The summed E-state index contributed by atoms with van der Waals surface area (Å²) < 4.78 is 17.4. The number of carbonyl (C=O) groups is 2. The lowest BCUT2D eigenvalue weighted by molar-refractivity contribution is -0.163. The van der Waals surface area contributed by atoms with Crippen molar-refractivity contribution in [2.24, 2.45) is 0 Å². The molecular weight excluding hydrogens is 813 g/mol. The molecule has 376 valence electrons. The van der Waals surface area contributed by atoms with E-state index in [2.05, 4.69) is 130 Å². The molecule has 0 aromatic rings. The molecular formula is C61H102O5. The lowest BCUT2D eigenvalue weighted by Crippen LogP contribution is -2.30. The molecule has 0 amide bonds. The minimum absolute atomic E-state index is 0.0538. The van der Waals surface area contributed by atoms with Crippen LogP contribution < -0.4 is 0 Å². The Morgan fingerprint density at radius 2 is 0.682 bits per heavy atom. The maximum atomic E-state index is 12.8. The molecule has 0 fully saturated rings. The van der Waals surface area contributed by atoms with Gasteiger partial charge in [0.05, 0.1) is 6.61 Å². The van der Waals surface area contributed by atoms with E-state index < -0.39 is 6.10 Å². The molecule has 0 saturated carbocycles. The molecule has 66 heavy (non-hydrogen) atoms. The molecule has 0 aliphatic carbocycles. The van der Waals surface area contributed by atoms with Gasteiger partial charge in [-0.05, 0) is 103 Å². The molecule has 0 aliphatic heterocycles. The third kappa shape index (κ3) is 53.2. The third-order valence-electron chi connectivity index (χ3n) is 11.3. The first-order valence-corrected chi connectivity index (χ1v) is 27.4. The molecule has 1 unspecified atom stereocenters. The summed E-state index contributed by atoms with van der Waals surface area (Å²) in [5, 5.41) is 0. The molecule has 0 heterocycles. The molecule has 0 aliphatic rings. The maximum absolute atomic E-state index is 12.8. The van der Waals surface area contributed by atoms with Gasteiger partial charge in [0.25, 0.3) is 0 Å². The zero-order chi connectivity index (χ0) is 47.7. The Bertz CT molecular complexity index is 1310. The van der Waals surface area contributed by atoms with Gasteiger partial charge in [0.15, 0.2) is 6.10 Å². The topological polar surface area (TPSA) is 61.8 Å². The third-order valence-corrected chi connectivity index (χ3v) is 11.3. The number of ether oxygens (including phenoxy) is 3. The first-order chi connectivity index (χ1) is 32.6. The maximum Gasteiger partial charge on any atom is 0.306 e. The fourth-order valence-electron chi connectivity index (χ4n) is 7.29. The fraction of sp³-hybridized carbons (Fsp3) is 0.672. The van der Waals surface area contributed by atoms with Crippen LogP contribution in [0.2, 0.25) is 0 Å². The molecule has 5 nitrogen and oxygen atoms in total. The molecule has 0 spiro atoms. The summed E-state index contributed by atoms with van der Waals surface area (Å²) in [4.78, 5) is 25.5. The van der Waals surface area contributed by atoms with Crippen LogP contribution in [0.4, 0.5) is 0 Å². The lowest BCUT2D eigenvalue weighted by Gasteiger charge is -2.18. The van der Waals surface area contributed by atoms with Gasteiger partial charge in [0.1, 0.15) is 6.61 Å². The summed E-state index contributed by atoms with van der Waals surface area (Å²) >= 11 is 0. The minimum Gasteiger partial charge on any atom is -0.462 e. The predicted molar refractivity (Wildman–Crippen MR) is 288 cm³/mol. The summed E-state index contributed by atoms with van der Waals surface area (Å²) in [6, 6.07) is 0. The summed E-state index contributed by atoms with van der Waals surface area (Å²) in [6.45, 7) is 7.55. The second-order valence-corrected chi connectivity index (χ2v) is 17.7. The van der Waals surface area contributed by atoms with E-state index in [4.69, 9.17) is 14.2 Å². The van der Waals surface area contributed by atoms with Crippen molar-refractivity contribution in [1.82, 2.24) is 0 Å². The zero-order valence-electron chi connectivity index (χ0n) is 43.2. The van der Waals surface area contributed by atoms with E-state index in [-0.39, 0.29) is 25.2 Å². The SMILES string of the molecule is CC/C=C\C/C=C\C/C=C\C/C=C\C/C=C\CCCCCC(=O)OCC(COCCCCCCCCCCCCCCCC)OC(=O)CCCCCC/C=C\C/C=C\C/C=C\C/C=C\CC. The average molecular weight is 915 g/mol. The first-order valence-electron chi connectivity index (χ1n) is 27.4. The lowest BCUT2D eigenvalue weighted by atomic mass is 10.0. The minimum atomic E-state index is -0.568. The highest BCUT2D eigenvalue weighted by Crippen LogP contribution is 2.14. The van der Waals surface area contributed by atoms with Crippen LogP contribution in [0.3, 0.4) is 0 Å². The van der Waals surface area contributed by atoms with E-state index in [1.54, 1.807) is 0 Å². The normalized spacial score (nSPS) is 13.1. The van der Waals surface area contributed by atoms with E-state index in [1.807, 2.05) is 0 Å². The summed E-state index contributed by atoms with van der Waals surface area (Å²) in [7, 11) is 0. The number of rotatable bonds is 49. The van der Waals surface area contributed by atoms with Gasteiger partial charge in [-0.25, -0.2) is 0 Å². The number of unbranched alkanes of at least 4 members (excludes halogenated alkanes) is 20. The van der Waals surface area contributed by atoms with Crippen molar-refractivity contribution in [3.8, 4) is 0 Å². The molecule has 0 aromatic carbocycles. The number of hydrogen-bond donors (Lipinski definition) is 0. The Hall–Kier alpha value is -3.44. The number of hydrogen-bond acceptors (Lipinski definition) is 5. The van der Waals surface area contributed by atoms with E-state index >= 15 is 0 Å². The van der Waals surface area contributed by atoms with Gasteiger partial charge >= 0.3 is 11.9 Å². The van der Waals surface area contributed by atoms with Crippen LogP contribution in [0, 0.1) is 0 Å². The Labute approximate surface area is 408 Å². The summed E-state index contributed by atoms with van der Waals surface area (Å²) in [5.41, 5.74) is 0. The van der Waals surface area contributed by atoms with Crippen LogP contribution in [0.5, 0.6) is 0 Å². The van der Waals surface area contributed by atoms with Crippen molar-refractivity contribution in [1.29, 1.82) is 0 Å². The van der Waals surface area contributed by atoms with Crippen molar-refractivity contribution in [2.75, 3.05) is 19.8 Å². The standard InChI is InChI=1S/C61H102O5/c1-4-7-10-13-16-19-22-25-28-30-31-33-34-36-39-42-45-48-51-54-60(62)65-58-59(57-64-56-53-50-47-44-41-38-27-24-21-18-15-12-9-6-3)66-61(63)55-52-49-46-43-40-37-35-32-29-26-23-20-17-14-11-8-5-2/h7-8,10-11,16-17,19-20,25-26,28-29,31,33,35-37,39,59H,4-6,9,12-15,18,21-24,27,30,32,34,38,40-58H2,1-3H3/b10-7-,11-8-,19-16-,20-17-,28-25-,29-26-,33-31-,37-35-,39-36-. The highest BCUT2D eigenvalue weighted by molar-refractivity contribution is 5.70. The van der Waals surface area contributed by atoms with Crippen molar-refractivity contribution in [2.45, 2.75) is 245 Å². The van der Waals surface area contributed by atoms with Crippen LogP contribution in [0.1, 0.15) is 239 Å². The smallest absolute Gasteiger partial charge is 0.306 e. The molecule has 0 aromatic heterocycles. The second kappa shape index (κ2) is 55.9. The van der Waals surface area contributed by atoms with Gasteiger partial charge in [0, 0.05) is 19.4 Å². The molecule has 1 atom stereocenters. The predicted octanol–water partition coefficient (Wildman–Crippen LogP) is 18.8. The Morgan fingerprint density at radius 3 is 1.11 bits per heavy atom. The highest BCUT2D eigenvalue weighted by atomic mass is 16.6. The Morgan fingerprint density at radius 1 is 0.348 bits per heavy atom. The van der Waals surface area contributed by atoms with Crippen LogP contribution in [-0.4, -0.2) is 37.9 Å². The van der Waals surface area contributed by atoms with Gasteiger partial charge in [-0.15, -0.1) is 0 Å². The van der Waals surface area contributed by atoms with Gasteiger partial charge < -0.3 is 14.2 Å². The largest absolute Gasteiger partial charge is 0.462 e. The average Bonchev–Trinajstić information content (AvgIpc) is 3.32.